The standard InChI is InChI=1S/C21H28N2O2/c1-14-2-6-16(7-3-14)21(8-9-21)20(24)22-17-10-18-13-25-19(15-4-5-15)12-23(18)11-17/h2-3,6-7,15,17-19H,4-5,8-13H2,1H3,(H,22,24)/t17-,18+,19+/m1/s1. The van der Waals surface area contributed by atoms with Gasteiger partial charge in [-0.15, -0.1) is 0 Å². The molecule has 1 N–H and O–H groups in total. The van der Waals surface area contributed by atoms with Crippen LogP contribution in [0, 0.1) is 12.8 Å². The SMILES string of the molecule is Cc1ccc(C2(C(=O)N[C@@H]3C[C@H]4CO[C@H](C5CC5)CN4C3)CC2)cc1. The van der Waals surface area contributed by atoms with Gasteiger partial charge in [-0.25, -0.2) is 0 Å². The van der Waals surface area contributed by atoms with Gasteiger partial charge in [-0.05, 0) is 50.5 Å². The molecule has 2 saturated heterocycles. The van der Waals surface area contributed by atoms with Crippen LogP contribution in [0.2, 0.25) is 0 Å². The summed E-state index contributed by atoms with van der Waals surface area (Å²) in [6, 6.07) is 9.28. The number of carbonyl (C=O) groups excluding carboxylic acids is 1. The van der Waals surface area contributed by atoms with Crippen molar-refractivity contribution in [3.8, 4) is 0 Å². The van der Waals surface area contributed by atoms with Gasteiger partial charge >= 0.3 is 0 Å². The van der Waals surface area contributed by atoms with Crippen LogP contribution in [0.3, 0.4) is 0 Å². The molecule has 0 bridgehead atoms. The van der Waals surface area contributed by atoms with Crippen LogP contribution < -0.4 is 5.32 Å². The highest BCUT2D eigenvalue weighted by atomic mass is 16.5. The summed E-state index contributed by atoms with van der Waals surface area (Å²) in [5, 5.41) is 3.37. The Balaban J connectivity index is 1.22. The van der Waals surface area contributed by atoms with Crippen LogP contribution in [-0.2, 0) is 14.9 Å². The Morgan fingerprint density at radius 3 is 2.64 bits per heavy atom. The molecule has 2 aliphatic heterocycles. The zero-order chi connectivity index (χ0) is 17.0. The predicted molar refractivity (Wildman–Crippen MR) is 96.5 cm³/mol. The van der Waals surface area contributed by atoms with E-state index in [9.17, 15) is 4.79 Å². The number of hydrogen-bond acceptors (Lipinski definition) is 3. The molecule has 1 aromatic carbocycles. The van der Waals surface area contributed by atoms with Crippen molar-refractivity contribution >= 4 is 5.91 Å². The van der Waals surface area contributed by atoms with Crippen molar-refractivity contribution < 1.29 is 9.53 Å². The zero-order valence-electron chi connectivity index (χ0n) is 15.0. The number of morpholine rings is 1. The molecule has 2 aliphatic carbocycles. The molecule has 1 aromatic rings. The van der Waals surface area contributed by atoms with Crippen LogP contribution >= 0.6 is 0 Å². The van der Waals surface area contributed by atoms with Crippen molar-refractivity contribution in [2.24, 2.45) is 5.92 Å². The summed E-state index contributed by atoms with van der Waals surface area (Å²) in [5.74, 6) is 1.03. The maximum absolute atomic E-state index is 13.0. The normalized spacial score (nSPS) is 33.7. The zero-order valence-corrected chi connectivity index (χ0v) is 15.0. The van der Waals surface area contributed by atoms with Gasteiger partial charge in [0.2, 0.25) is 5.91 Å². The molecular weight excluding hydrogens is 312 g/mol. The van der Waals surface area contributed by atoms with E-state index in [0.29, 0.717) is 12.1 Å². The molecule has 4 nitrogen and oxygen atoms in total. The Kier molecular flexibility index (Phi) is 3.68. The first-order valence-corrected chi connectivity index (χ1v) is 9.88. The Labute approximate surface area is 149 Å². The number of aryl methyl sites for hydroxylation is 1. The van der Waals surface area contributed by atoms with Crippen LogP contribution in [0.1, 0.15) is 43.2 Å². The summed E-state index contributed by atoms with van der Waals surface area (Å²) >= 11 is 0. The van der Waals surface area contributed by atoms with Crippen molar-refractivity contribution in [2.45, 2.75) is 62.6 Å². The van der Waals surface area contributed by atoms with Crippen LogP contribution in [0.25, 0.3) is 0 Å². The van der Waals surface area contributed by atoms with Gasteiger partial charge in [-0.2, -0.15) is 0 Å². The fourth-order valence-electron chi connectivity index (χ4n) is 4.73. The summed E-state index contributed by atoms with van der Waals surface area (Å²) < 4.78 is 6.07. The number of nitrogens with zero attached hydrogens (tertiary/aromatic N) is 1. The second-order valence-corrected chi connectivity index (χ2v) is 8.67. The summed E-state index contributed by atoms with van der Waals surface area (Å²) in [6.45, 7) is 4.99. The molecule has 3 atom stereocenters. The number of nitrogens with one attached hydrogen (secondary N) is 1. The minimum atomic E-state index is -0.260. The van der Waals surface area contributed by atoms with Crippen LogP contribution in [0.4, 0.5) is 0 Å². The molecule has 0 aromatic heterocycles. The number of benzene rings is 1. The van der Waals surface area contributed by atoms with E-state index >= 15 is 0 Å². The average molecular weight is 340 g/mol. The molecule has 4 aliphatic rings. The average Bonchev–Trinajstić information content (AvgIpc) is 3.51. The molecule has 2 heterocycles. The van der Waals surface area contributed by atoms with Crippen molar-refractivity contribution in [1.29, 1.82) is 0 Å². The molecule has 5 rings (SSSR count). The van der Waals surface area contributed by atoms with Gasteiger partial charge in [-0.1, -0.05) is 29.8 Å². The van der Waals surface area contributed by atoms with E-state index in [0.717, 1.165) is 44.9 Å². The fraction of sp³-hybridized carbons (Fsp3) is 0.667. The van der Waals surface area contributed by atoms with Crippen molar-refractivity contribution in [3.63, 3.8) is 0 Å². The molecule has 0 unspecified atom stereocenters. The lowest BCUT2D eigenvalue weighted by atomic mass is 9.93. The molecule has 134 valence electrons. The summed E-state index contributed by atoms with van der Waals surface area (Å²) in [6.07, 6.45) is 6.11. The van der Waals surface area contributed by atoms with E-state index < -0.39 is 0 Å². The van der Waals surface area contributed by atoms with E-state index in [1.807, 2.05) is 0 Å². The van der Waals surface area contributed by atoms with Gasteiger partial charge in [-0.3, -0.25) is 9.69 Å². The first-order chi connectivity index (χ1) is 12.1. The summed E-state index contributed by atoms with van der Waals surface area (Å²) in [5.41, 5.74) is 2.17. The lowest BCUT2D eigenvalue weighted by Crippen LogP contribution is -2.47. The van der Waals surface area contributed by atoms with E-state index in [4.69, 9.17) is 4.74 Å². The second-order valence-electron chi connectivity index (χ2n) is 8.67. The van der Waals surface area contributed by atoms with Gasteiger partial charge in [0.15, 0.2) is 0 Å². The summed E-state index contributed by atoms with van der Waals surface area (Å²) in [7, 11) is 0. The number of rotatable bonds is 4. The van der Waals surface area contributed by atoms with Gasteiger partial charge in [0, 0.05) is 25.2 Å². The van der Waals surface area contributed by atoms with Crippen molar-refractivity contribution in [3.05, 3.63) is 35.4 Å². The minimum Gasteiger partial charge on any atom is -0.375 e. The van der Waals surface area contributed by atoms with Crippen LogP contribution in [0.5, 0.6) is 0 Å². The largest absolute Gasteiger partial charge is 0.375 e. The Hall–Kier alpha value is -1.39. The first-order valence-electron chi connectivity index (χ1n) is 9.88. The lowest BCUT2D eigenvalue weighted by molar-refractivity contribution is -0.124. The third kappa shape index (κ3) is 2.89. The Morgan fingerprint density at radius 1 is 1.20 bits per heavy atom. The van der Waals surface area contributed by atoms with Gasteiger partial charge in [0.25, 0.3) is 0 Å². The molecule has 2 saturated carbocycles. The van der Waals surface area contributed by atoms with Gasteiger partial charge in [0.05, 0.1) is 18.1 Å². The van der Waals surface area contributed by atoms with Gasteiger partial charge < -0.3 is 10.1 Å². The third-order valence-corrected chi connectivity index (χ3v) is 6.72. The number of carbonyl (C=O) groups is 1. The Bertz CT molecular complexity index is 663. The quantitative estimate of drug-likeness (QED) is 0.915. The number of fused-ring (bicyclic) bond motifs is 1. The number of hydrogen-bond donors (Lipinski definition) is 1. The molecule has 1 amide bonds. The molecule has 25 heavy (non-hydrogen) atoms. The smallest absolute Gasteiger partial charge is 0.230 e. The van der Waals surface area contributed by atoms with E-state index in [1.54, 1.807) is 0 Å². The highest BCUT2D eigenvalue weighted by molar-refractivity contribution is 5.91. The van der Waals surface area contributed by atoms with Gasteiger partial charge in [0.1, 0.15) is 0 Å². The summed E-state index contributed by atoms with van der Waals surface area (Å²) in [4.78, 5) is 15.6. The highest BCUT2D eigenvalue weighted by Crippen LogP contribution is 2.48. The minimum absolute atomic E-state index is 0.237. The molecule has 4 heteroatoms. The second kappa shape index (κ2) is 5.82. The molecule has 0 radical (unpaired) electrons. The molecular formula is C21H28N2O2. The first kappa shape index (κ1) is 15.8. The third-order valence-electron chi connectivity index (χ3n) is 6.72. The van der Waals surface area contributed by atoms with E-state index in [-0.39, 0.29) is 17.4 Å². The number of amides is 1. The monoisotopic (exact) mass is 340 g/mol. The van der Waals surface area contributed by atoms with Crippen LogP contribution in [0.15, 0.2) is 24.3 Å². The van der Waals surface area contributed by atoms with E-state index in [1.165, 1.54) is 24.0 Å². The maximum atomic E-state index is 13.0. The number of ether oxygens (including phenoxy) is 1. The lowest BCUT2D eigenvalue weighted by Gasteiger charge is -2.35. The Morgan fingerprint density at radius 2 is 1.96 bits per heavy atom. The molecule has 0 spiro atoms. The predicted octanol–water partition coefficient (Wildman–Crippen LogP) is 2.39. The highest BCUT2D eigenvalue weighted by Gasteiger charge is 2.52. The topological polar surface area (TPSA) is 41.6 Å². The van der Waals surface area contributed by atoms with Crippen molar-refractivity contribution in [2.75, 3.05) is 19.7 Å². The molecule has 4 fully saturated rings. The van der Waals surface area contributed by atoms with Crippen LogP contribution in [-0.4, -0.2) is 48.7 Å². The fourth-order valence-corrected chi connectivity index (χ4v) is 4.73. The van der Waals surface area contributed by atoms with E-state index in [2.05, 4.69) is 41.4 Å². The van der Waals surface area contributed by atoms with Crippen molar-refractivity contribution in [1.82, 2.24) is 10.2 Å². The maximum Gasteiger partial charge on any atom is 0.230 e.